The normalized spacial score (nSPS) is 20.4. The summed E-state index contributed by atoms with van der Waals surface area (Å²) in [6, 6.07) is 0.0790. The van der Waals surface area contributed by atoms with E-state index in [1.807, 2.05) is 25.7 Å². The number of carboxylic acids is 1. The molecule has 0 aromatic carbocycles. The van der Waals surface area contributed by atoms with E-state index < -0.39 is 11.5 Å². The molecule has 1 amide bonds. The zero-order chi connectivity index (χ0) is 14.5. The Morgan fingerprint density at radius 1 is 1.37 bits per heavy atom. The van der Waals surface area contributed by atoms with Crippen LogP contribution >= 0.6 is 0 Å². The average Bonchev–Trinajstić information content (AvgIpc) is 2.35. The van der Waals surface area contributed by atoms with Crippen LogP contribution in [0.5, 0.6) is 0 Å². The number of hydrogen-bond donors (Lipinski definition) is 2. The largest absolute Gasteiger partial charge is 0.481 e. The van der Waals surface area contributed by atoms with Crippen LogP contribution in [0.3, 0.4) is 0 Å². The number of nitrogens with zero attached hydrogens (tertiary/aromatic N) is 1. The predicted octanol–water partition coefficient (Wildman–Crippen LogP) is 1.62. The molecule has 1 saturated heterocycles. The number of hydrogen-bond acceptors (Lipinski definition) is 3. The Labute approximate surface area is 115 Å². The second-order valence-electron chi connectivity index (χ2n) is 5.74. The third-order valence-corrected chi connectivity index (χ3v) is 3.73. The summed E-state index contributed by atoms with van der Waals surface area (Å²) in [5, 5.41) is 12.0. The van der Waals surface area contributed by atoms with Crippen LogP contribution in [0.25, 0.3) is 0 Å². The highest BCUT2D eigenvalue weighted by Crippen LogP contribution is 2.23. The van der Waals surface area contributed by atoms with E-state index in [1.165, 1.54) is 0 Å². The molecule has 110 valence electrons. The van der Waals surface area contributed by atoms with Gasteiger partial charge in [0.2, 0.25) is 5.91 Å². The fourth-order valence-electron chi connectivity index (χ4n) is 2.73. The number of carbonyl (C=O) groups is 2. The van der Waals surface area contributed by atoms with Crippen LogP contribution in [0.1, 0.15) is 52.9 Å². The highest BCUT2D eigenvalue weighted by Gasteiger charge is 2.35. The number of carbonyl (C=O) groups excluding carboxylic acids is 1. The first-order valence-corrected chi connectivity index (χ1v) is 7.16. The highest BCUT2D eigenvalue weighted by atomic mass is 16.4. The molecule has 0 radical (unpaired) electrons. The summed E-state index contributed by atoms with van der Waals surface area (Å²) >= 11 is 0. The summed E-state index contributed by atoms with van der Waals surface area (Å²) in [6.45, 7) is 7.25. The van der Waals surface area contributed by atoms with Crippen molar-refractivity contribution in [2.24, 2.45) is 0 Å². The van der Waals surface area contributed by atoms with Gasteiger partial charge in [0.05, 0.1) is 5.54 Å². The molecule has 0 bridgehead atoms. The van der Waals surface area contributed by atoms with E-state index in [0.717, 1.165) is 32.4 Å². The highest BCUT2D eigenvalue weighted by molar-refractivity contribution is 5.86. The van der Waals surface area contributed by atoms with E-state index >= 15 is 0 Å². The second kappa shape index (κ2) is 6.89. The minimum Gasteiger partial charge on any atom is -0.481 e. The summed E-state index contributed by atoms with van der Waals surface area (Å²) in [5.41, 5.74) is -0.576. The Balaban J connectivity index is 2.70. The van der Waals surface area contributed by atoms with Crippen LogP contribution < -0.4 is 5.32 Å². The van der Waals surface area contributed by atoms with Crippen LogP contribution in [0.15, 0.2) is 0 Å². The first kappa shape index (κ1) is 16.0. The standard InChI is InChI=1S/C14H26N2O3/c1-4-15-14(2,3)13(19)16-10-6-5-7-11(16)8-9-12(17)18/h11,15H,4-10H2,1-3H3,(H,17,18). The smallest absolute Gasteiger partial charge is 0.303 e. The summed E-state index contributed by atoms with van der Waals surface area (Å²) in [6.07, 6.45) is 3.70. The van der Waals surface area contributed by atoms with Crippen LogP contribution in [0, 0.1) is 0 Å². The van der Waals surface area contributed by atoms with Crippen molar-refractivity contribution in [3.05, 3.63) is 0 Å². The Morgan fingerprint density at radius 2 is 2.05 bits per heavy atom. The molecular formula is C14H26N2O3. The molecule has 1 fully saturated rings. The van der Waals surface area contributed by atoms with Gasteiger partial charge in [-0.3, -0.25) is 9.59 Å². The lowest BCUT2D eigenvalue weighted by Gasteiger charge is -2.40. The number of amides is 1. The van der Waals surface area contributed by atoms with Gasteiger partial charge in [-0.2, -0.15) is 0 Å². The number of aliphatic carboxylic acids is 1. The molecule has 0 spiro atoms. The fourth-order valence-corrected chi connectivity index (χ4v) is 2.73. The molecule has 1 aliphatic rings. The molecule has 5 heteroatoms. The van der Waals surface area contributed by atoms with Crippen molar-refractivity contribution in [2.75, 3.05) is 13.1 Å². The zero-order valence-electron chi connectivity index (χ0n) is 12.2. The van der Waals surface area contributed by atoms with Gasteiger partial charge in [0, 0.05) is 19.0 Å². The molecule has 1 heterocycles. The van der Waals surface area contributed by atoms with E-state index in [-0.39, 0.29) is 18.4 Å². The minimum atomic E-state index is -0.788. The quantitative estimate of drug-likeness (QED) is 0.769. The van der Waals surface area contributed by atoms with Crippen LogP contribution in [-0.2, 0) is 9.59 Å². The number of nitrogens with one attached hydrogen (secondary N) is 1. The van der Waals surface area contributed by atoms with E-state index in [1.54, 1.807) is 0 Å². The topological polar surface area (TPSA) is 69.6 Å². The Morgan fingerprint density at radius 3 is 2.63 bits per heavy atom. The van der Waals surface area contributed by atoms with Gasteiger partial charge in [-0.15, -0.1) is 0 Å². The summed E-state index contributed by atoms with van der Waals surface area (Å²) in [5.74, 6) is -0.701. The molecule has 1 unspecified atom stereocenters. The molecule has 5 nitrogen and oxygen atoms in total. The van der Waals surface area contributed by atoms with Gasteiger partial charge in [0.1, 0.15) is 0 Å². The van der Waals surface area contributed by atoms with Gasteiger partial charge < -0.3 is 15.3 Å². The number of rotatable bonds is 6. The zero-order valence-corrected chi connectivity index (χ0v) is 12.2. The van der Waals surface area contributed by atoms with E-state index in [9.17, 15) is 9.59 Å². The van der Waals surface area contributed by atoms with Crippen molar-refractivity contribution >= 4 is 11.9 Å². The van der Waals surface area contributed by atoms with Gasteiger partial charge in [-0.25, -0.2) is 0 Å². The molecule has 19 heavy (non-hydrogen) atoms. The van der Waals surface area contributed by atoms with Gasteiger partial charge in [0.15, 0.2) is 0 Å². The molecule has 0 aromatic rings. The molecule has 1 aliphatic heterocycles. The maximum absolute atomic E-state index is 12.6. The molecule has 1 rings (SSSR count). The Kier molecular flexibility index (Phi) is 5.79. The number of carboxylic acid groups (broad SMARTS) is 1. The molecular weight excluding hydrogens is 244 g/mol. The average molecular weight is 270 g/mol. The fraction of sp³-hybridized carbons (Fsp3) is 0.857. The SMILES string of the molecule is CCNC(C)(C)C(=O)N1CCCCC1CCC(=O)O. The van der Waals surface area contributed by atoms with Crippen molar-refractivity contribution < 1.29 is 14.7 Å². The van der Waals surface area contributed by atoms with Gasteiger partial charge in [-0.1, -0.05) is 6.92 Å². The molecule has 0 saturated carbocycles. The van der Waals surface area contributed by atoms with Gasteiger partial charge >= 0.3 is 5.97 Å². The lowest BCUT2D eigenvalue weighted by atomic mass is 9.94. The number of likely N-dealkylation sites (tertiary alicyclic amines) is 1. The lowest BCUT2D eigenvalue weighted by Crippen LogP contribution is -2.57. The van der Waals surface area contributed by atoms with E-state index in [2.05, 4.69) is 5.32 Å². The van der Waals surface area contributed by atoms with Crippen molar-refractivity contribution in [1.82, 2.24) is 10.2 Å². The molecule has 0 aliphatic carbocycles. The maximum Gasteiger partial charge on any atom is 0.303 e. The van der Waals surface area contributed by atoms with E-state index in [4.69, 9.17) is 5.11 Å². The van der Waals surface area contributed by atoms with Gasteiger partial charge in [0.25, 0.3) is 0 Å². The maximum atomic E-state index is 12.6. The number of likely N-dealkylation sites (N-methyl/N-ethyl adjacent to an activating group) is 1. The predicted molar refractivity (Wildman–Crippen MR) is 74.0 cm³/mol. The third-order valence-electron chi connectivity index (χ3n) is 3.73. The summed E-state index contributed by atoms with van der Waals surface area (Å²) in [4.78, 5) is 25.2. The Bertz CT molecular complexity index is 329. The van der Waals surface area contributed by atoms with Crippen molar-refractivity contribution in [2.45, 2.75) is 64.5 Å². The lowest BCUT2D eigenvalue weighted by molar-refractivity contribution is -0.143. The van der Waals surface area contributed by atoms with Gasteiger partial charge in [-0.05, 0) is 46.1 Å². The van der Waals surface area contributed by atoms with Crippen molar-refractivity contribution in [1.29, 1.82) is 0 Å². The molecule has 2 N–H and O–H groups in total. The molecule has 0 aromatic heterocycles. The summed E-state index contributed by atoms with van der Waals surface area (Å²) in [7, 11) is 0. The third kappa shape index (κ3) is 4.49. The summed E-state index contributed by atoms with van der Waals surface area (Å²) < 4.78 is 0. The first-order chi connectivity index (χ1) is 8.88. The van der Waals surface area contributed by atoms with E-state index in [0.29, 0.717) is 6.42 Å². The second-order valence-corrected chi connectivity index (χ2v) is 5.74. The minimum absolute atomic E-state index is 0.0790. The monoisotopic (exact) mass is 270 g/mol. The van der Waals surface area contributed by atoms with Crippen LogP contribution in [-0.4, -0.2) is 46.6 Å². The first-order valence-electron chi connectivity index (χ1n) is 7.16. The van der Waals surface area contributed by atoms with Crippen molar-refractivity contribution in [3.8, 4) is 0 Å². The Hall–Kier alpha value is -1.10. The van der Waals surface area contributed by atoms with Crippen LogP contribution in [0.4, 0.5) is 0 Å². The molecule has 1 atom stereocenters. The number of piperidine rings is 1. The van der Waals surface area contributed by atoms with Crippen LogP contribution in [0.2, 0.25) is 0 Å². The van der Waals surface area contributed by atoms with Crippen molar-refractivity contribution in [3.63, 3.8) is 0 Å².